The molecule has 1 aliphatic carbocycles. The second-order valence-corrected chi connectivity index (χ2v) is 7.10. The first kappa shape index (κ1) is 16.8. The number of para-hydroxylation sites is 1. The Morgan fingerprint density at radius 1 is 1.38 bits per heavy atom. The van der Waals surface area contributed by atoms with Gasteiger partial charge in [-0.05, 0) is 44.2 Å². The maximum absolute atomic E-state index is 12.1. The van der Waals surface area contributed by atoms with Gasteiger partial charge in [-0.1, -0.05) is 36.4 Å². The minimum atomic E-state index is -0.220. The molecule has 1 heterocycles. The second-order valence-electron chi connectivity index (χ2n) is 6.14. The van der Waals surface area contributed by atoms with Crippen LogP contribution in [-0.2, 0) is 9.53 Å². The van der Waals surface area contributed by atoms with Crippen molar-refractivity contribution in [1.29, 1.82) is 5.26 Å². The minimum Gasteiger partial charge on any atom is -0.462 e. The van der Waals surface area contributed by atoms with E-state index in [1.165, 1.54) is 18.2 Å². The second kappa shape index (κ2) is 7.67. The average molecular weight is 340 g/mol. The molecular formula is C19H20N2O2S. The lowest BCUT2D eigenvalue weighted by molar-refractivity contribution is -0.147. The van der Waals surface area contributed by atoms with Crippen molar-refractivity contribution in [2.24, 2.45) is 0 Å². The third kappa shape index (κ3) is 3.88. The zero-order chi connectivity index (χ0) is 16.9. The number of rotatable bonds is 4. The van der Waals surface area contributed by atoms with Gasteiger partial charge in [0.1, 0.15) is 17.2 Å². The lowest BCUT2D eigenvalue weighted by Crippen LogP contribution is -2.22. The summed E-state index contributed by atoms with van der Waals surface area (Å²) < 4.78 is 5.53. The van der Waals surface area contributed by atoms with Crippen molar-refractivity contribution in [2.75, 3.05) is 5.75 Å². The number of hydrogen-bond donors (Lipinski definition) is 0. The summed E-state index contributed by atoms with van der Waals surface area (Å²) in [5.74, 6) is -0.0299. The summed E-state index contributed by atoms with van der Waals surface area (Å²) in [6.45, 7) is 1.99. The van der Waals surface area contributed by atoms with E-state index < -0.39 is 0 Å². The fourth-order valence-electron chi connectivity index (χ4n) is 3.05. The summed E-state index contributed by atoms with van der Waals surface area (Å²) in [6.07, 6.45) is 5.49. The minimum absolute atomic E-state index is 0.0640. The molecule has 0 N–H and O–H groups in total. The van der Waals surface area contributed by atoms with Crippen LogP contribution in [0.15, 0.2) is 29.3 Å². The normalized spacial score (nSPS) is 15.2. The molecule has 1 aliphatic rings. The fourth-order valence-corrected chi connectivity index (χ4v) is 3.79. The van der Waals surface area contributed by atoms with Gasteiger partial charge in [-0.2, -0.15) is 5.26 Å². The molecule has 24 heavy (non-hydrogen) atoms. The van der Waals surface area contributed by atoms with Crippen LogP contribution >= 0.6 is 11.8 Å². The van der Waals surface area contributed by atoms with E-state index in [4.69, 9.17) is 4.74 Å². The number of carbonyl (C=O) groups excluding carboxylic acids is 1. The molecular weight excluding hydrogens is 320 g/mol. The van der Waals surface area contributed by atoms with E-state index in [0.29, 0.717) is 10.6 Å². The number of aryl methyl sites for hydroxylation is 1. The van der Waals surface area contributed by atoms with Gasteiger partial charge < -0.3 is 4.74 Å². The monoisotopic (exact) mass is 340 g/mol. The molecule has 124 valence electrons. The molecule has 1 saturated carbocycles. The summed E-state index contributed by atoms with van der Waals surface area (Å²) in [6, 6.07) is 9.91. The number of hydrogen-bond acceptors (Lipinski definition) is 5. The molecule has 0 aliphatic heterocycles. The Morgan fingerprint density at radius 3 is 2.92 bits per heavy atom. The molecule has 2 aromatic rings. The highest BCUT2D eigenvalue weighted by molar-refractivity contribution is 7.99. The number of fused-ring (bicyclic) bond motifs is 1. The molecule has 3 rings (SSSR count). The fraction of sp³-hybridized carbons (Fsp3) is 0.421. The first-order valence-corrected chi connectivity index (χ1v) is 9.28. The molecule has 0 radical (unpaired) electrons. The average Bonchev–Trinajstić information content (AvgIpc) is 2.60. The van der Waals surface area contributed by atoms with Gasteiger partial charge in [0.15, 0.2) is 0 Å². The maximum Gasteiger partial charge on any atom is 0.316 e. The number of nitriles is 1. The van der Waals surface area contributed by atoms with Gasteiger partial charge in [-0.25, -0.2) is 4.98 Å². The van der Waals surface area contributed by atoms with Crippen LogP contribution in [-0.4, -0.2) is 22.8 Å². The molecule has 5 heteroatoms. The number of pyridine rings is 1. The van der Waals surface area contributed by atoms with Crippen molar-refractivity contribution in [1.82, 2.24) is 4.98 Å². The lowest BCUT2D eigenvalue weighted by atomic mass is 9.98. The summed E-state index contributed by atoms with van der Waals surface area (Å²) in [5.41, 5.74) is 2.44. The smallest absolute Gasteiger partial charge is 0.316 e. The van der Waals surface area contributed by atoms with Gasteiger partial charge in [-0.15, -0.1) is 0 Å². The highest BCUT2D eigenvalue weighted by Gasteiger charge is 2.18. The number of nitrogens with zero attached hydrogens (tertiary/aromatic N) is 2. The Morgan fingerprint density at radius 2 is 2.17 bits per heavy atom. The van der Waals surface area contributed by atoms with Gasteiger partial charge in [0.25, 0.3) is 0 Å². The van der Waals surface area contributed by atoms with Gasteiger partial charge in [0.05, 0.1) is 16.8 Å². The van der Waals surface area contributed by atoms with Crippen LogP contribution in [0.3, 0.4) is 0 Å². The summed E-state index contributed by atoms with van der Waals surface area (Å²) in [4.78, 5) is 16.7. The molecule has 1 aromatic heterocycles. The van der Waals surface area contributed by atoms with Crippen molar-refractivity contribution >= 4 is 28.6 Å². The van der Waals surface area contributed by atoms with Crippen molar-refractivity contribution in [3.05, 3.63) is 35.4 Å². The Balaban J connectivity index is 1.71. The molecule has 0 unspecified atom stereocenters. The first-order valence-electron chi connectivity index (χ1n) is 8.30. The van der Waals surface area contributed by atoms with Crippen LogP contribution in [0, 0.1) is 18.3 Å². The summed E-state index contributed by atoms with van der Waals surface area (Å²) >= 11 is 1.28. The van der Waals surface area contributed by atoms with Crippen LogP contribution in [0.2, 0.25) is 0 Å². The molecule has 0 bridgehead atoms. The van der Waals surface area contributed by atoms with Gasteiger partial charge in [0.2, 0.25) is 0 Å². The molecule has 1 aromatic carbocycles. The van der Waals surface area contributed by atoms with Gasteiger partial charge in [-0.3, -0.25) is 4.79 Å². The van der Waals surface area contributed by atoms with E-state index in [9.17, 15) is 10.1 Å². The standard InChI is InChI=1S/C19H20N2O2S/c1-13-6-5-7-14-10-15(11-20)19(21-18(13)14)24-12-17(22)23-16-8-3-2-4-9-16/h5-7,10,16H,2-4,8-9,12H2,1H3. The van der Waals surface area contributed by atoms with E-state index in [0.717, 1.165) is 42.1 Å². The van der Waals surface area contributed by atoms with E-state index >= 15 is 0 Å². The van der Waals surface area contributed by atoms with Gasteiger partial charge in [0, 0.05) is 5.39 Å². The number of esters is 1. The van der Waals surface area contributed by atoms with Crippen molar-refractivity contribution in [3.8, 4) is 6.07 Å². The summed E-state index contributed by atoms with van der Waals surface area (Å²) in [7, 11) is 0. The third-order valence-corrected chi connectivity index (χ3v) is 5.27. The molecule has 0 saturated heterocycles. The quantitative estimate of drug-likeness (QED) is 0.610. The molecule has 4 nitrogen and oxygen atoms in total. The third-order valence-electron chi connectivity index (χ3n) is 4.31. The van der Waals surface area contributed by atoms with Gasteiger partial charge >= 0.3 is 5.97 Å². The largest absolute Gasteiger partial charge is 0.462 e. The molecule has 0 spiro atoms. The van der Waals surface area contributed by atoms with E-state index in [1.807, 2.05) is 31.2 Å². The maximum atomic E-state index is 12.1. The number of aromatic nitrogens is 1. The van der Waals surface area contributed by atoms with Crippen molar-refractivity contribution in [3.63, 3.8) is 0 Å². The van der Waals surface area contributed by atoms with E-state index in [1.54, 1.807) is 0 Å². The van der Waals surface area contributed by atoms with E-state index in [-0.39, 0.29) is 17.8 Å². The van der Waals surface area contributed by atoms with Crippen LogP contribution in [0.5, 0.6) is 0 Å². The topological polar surface area (TPSA) is 63.0 Å². The highest BCUT2D eigenvalue weighted by atomic mass is 32.2. The number of thioether (sulfide) groups is 1. The number of ether oxygens (including phenoxy) is 1. The van der Waals surface area contributed by atoms with E-state index in [2.05, 4.69) is 11.1 Å². The number of carbonyl (C=O) groups is 1. The summed E-state index contributed by atoms with van der Waals surface area (Å²) in [5, 5.41) is 10.9. The molecule has 0 atom stereocenters. The van der Waals surface area contributed by atoms with Crippen LogP contribution in [0.4, 0.5) is 0 Å². The Kier molecular flexibility index (Phi) is 5.37. The number of benzene rings is 1. The Bertz CT molecular complexity index is 792. The first-order chi connectivity index (χ1) is 11.7. The van der Waals surface area contributed by atoms with Crippen LogP contribution < -0.4 is 0 Å². The predicted molar refractivity (Wildman–Crippen MR) is 94.9 cm³/mol. The highest BCUT2D eigenvalue weighted by Crippen LogP contribution is 2.27. The Hall–Kier alpha value is -2.06. The molecule has 1 fully saturated rings. The van der Waals surface area contributed by atoms with Crippen LogP contribution in [0.1, 0.15) is 43.2 Å². The Labute approximate surface area is 146 Å². The molecule has 0 amide bonds. The predicted octanol–water partition coefficient (Wildman–Crippen LogP) is 4.38. The SMILES string of the molecule is Cc1cccc2cc(C#N)c(SCC(=O)OC3CCCCC3)nc12. The van der Waals surface area contributed by atoms with Crippen LogP contribution in [0.25, 0.3) is 10.9 Å². The lowest BCUT2D eigenvalue weighted by Gasteiger charge is -2.21. The zero-order valence-corrected chi connectivity index (χ0v) is 14.6. The van der Waals surface area contributed by atoms with Crippen molar-refractivity contribution < 1.29 is 9.53 Å². The zero-order valence-electron chi connectivity index (χ0n) is 13.7. The van der Waals surface area contributed by atoms with Crippen molar-refractivity contribution in [2.45, 2.75) is 50.2 Å².